The largest absolute Gasteiger partial charge is 0.303 e. The van der Waals surface area contributed by atoms with E-state index in [1.165, 1.54) is 18.7 Å². The lowest BCUT2D eigenvalue weighted by atomic mass is 10.3. The molecule has 0 aliphatic heterocycles. The van der Waals surface area contributed by atoms with Gasteiger partial charge in [0, 0.05) is 17.1 Å². The molecule has 1 atom stereocenters. The molecule has 0 aromatic carbocycles. The van der Waals surface area contributed by atoms with Crippen LogP contribution >= 0.6 is 27.7 Å². The van der Waals surface area contributed by atoms with Gasteiger partial charge in [-0.25, -0.2) is 0 Å². The van der Waals surface area contributed by atoms with Crippen LogP contribution in [0.3, 0.4) is 0 Å². The maximum absolute atomic E-state index is 3.43. The van der Waals surface area contributed by atoms with Gasteiger partial charge in [-0.15, -0.1) is 0 Å². The fourth-order valence-corrected chi connectivity index (χ4v) is 1.89. The smallest absolute Gasteiger partial charge is 0.0154 e. The molecule has 0 aliphatic carbocycles. The van der Waals surface area contributed by atoms with Crippen molar-refractivity contribution in [2.24, 2.45) is 0 Å². The Kier molecular flexibility index (Phi) is 7.97. The van der Waals surface area contributed by atoms with Gasteiger partial charge in [-0.05, 0) is 33.2 Å². The molecule has 0 N–H and O–H groups in total. The van der Waals surface area contributed by atoms with E-state index >= 15 is 0 Å². The van der Waals surface area contributed by atoms with Crippen molar-refractivity contribution in [3.63, 3.8) is 0 Å². The summed E-state index contributed by atoms with van der Waals surface area (Å²) in [5, 5.41) is 1.11. The van der Waals surface area contributed by atoms with E-state index in [9.17, 15) is 0 Å². The van der Waals surface area contributed by atoms with E-state index in [0.29, 0.717) is 6.04 Å². The Bertz CT molecular complexity index is 90.2. The average molecular weight is 240 g/mol. The topological polar surface area (TPSA) is 3.24 Å². The summed E-state index contributed by atoms with van der Waals surface area (Å²) in [6.07, 6.45) is 3.41. The summed E-state index contributed by atoms with van der Waals surface area (Å²) in [5.74, 6) is 1.23. The summed E-state index contributed by atoms with van der Waals surface area (Å²) in [5.41, 5.74) is 0. The second kappa shape index (κ2) is 7.44. The van der Waals surface area contributed by atoms with E-state index < -0.39 is 0 Å². The zero-order valence-electron chi connectivity index (χ0n) is 7.64. The maximum Gasteiger partial charge on any atom is 0.0154 e. The lowest BCUT2D eigenvalue weighted by Gasteiger charge is -2.23. The van der Waals surface area contributed by atoms with Crippen molar-refractivity contribution >= 4 is 27.7 Å². The third kappa shape index (κ3) is 6.00. The van der Waals surface area contributed by atoms with Gasteiger partial charge < -0.3 is 4.90 Å². The molecule has 0 aromatic rings. The Morgan fingerprint density at radius 2 is 2.18 bits per heavy atom. The molecule has 0 spiro atoms. The Balaban J connectivity index is 3.38. The Morgan fingerprint density at radius 1 is 1.55 bits per heavy atom. The molecule has 0 heterocycles. The number of rotatable bonds is 6. The Morgan fingerprint density at radius 3 is 2.64 bits per heavy atom. The summed E-state index contributed by atoms with van der Waals surface area (Å²) in [7, 11) is 2.20. The van der Waals surface area contributed by atoms with Gasteiger partial charge in [-0.2, -0.15) is 11.8 Å². The molecule has 0 rings (SSSR count). The Hall–Kier alpha value is 0.790. The van der Waals surface area contributed by atoms with Crippen molar-refractivity contribution in [1.82, 2.24) is 4.90 Å². The van der Waals surface area contributed by atoms with E-state index in [1.807, 2.05) is 11.8 Å². The minimum atomic E-state index is 0.712. The highest BCUT2D eigenvalue weighted by atomic mass is 79.9. The Labute approximate surface area is 83.0 Å². The predicted molar refractivity (Wildman–Crippen MR) is 58.9 cm³/mol. The summed E-state index contributed by atoms with van der Waals surface area (Å²) in [4.78, 5) is 2.41. The molecule has 68 valence electrons. The number of halogens is 1. The van der Waals surface area contributed by atoms with Crippen LogP contribution in [0.25, 0.3) is 0 Å². The molecule has 1 unspecified atom stereocenters. The molecule has 0 fully saturated rings. The fourth-order valence-electron chi connectivity index (χ4n) is 0.898. The monoisotopic (exact) mass is 239 g/mol. The van der Waals surface area contributed by atoms with Gasteiger partial charge in [-0.3, -0.25) is 0 Å². The van der Waals surface area contributed by atoms with E-state index in [-0.39, 0.29) is 0 Å². The number of alkyl halides is 1. The lowest BCUT2D eigenvalue weighted by Crippen LogP contribution is -2.31. The molecule has 3 heteroatoms. The second-order valence-corrected chi connectivity index (χ2v) is 4.53. The second-order valence-electron chi connectivity index (χ2n) is 2.83. The highest BCUT2D eigenvalue weighted by Gasteiger charge is 2.06. The van der Waals surface area contributed by atoms with Crippen molar-refractivity contribution < 1.29 is 0 Å². The van der Waals surface area contributed by atoms with Gasteiger partial charge in [0.25, 0.3) is 0 Å². The zero-order valence-corrected chi connectivity index (χ0v) is 10.0. The van der Waals surface area contributed by atoms with Crippen molar-refractivity contribution in [2.45, 2.75) is 19.4 Å². The average Bonchev–Trinajstić information content (AvgIpc) is 2.00. The van der Waals surface area contributed by atoms with Crippen LogP contribution in [0.2, 0.25) is 0 Å². The molecule has 1 nitrogen and oxygen atoms in total. The van der Waals surface area contributed by atoms with Crippen LogP contribution in [-0.2, 0) is 0 Å². The quantitative estimate of drug-likeness (QED) is 0.656. The van der Waals surface area contributed by atoms with Crippen molar-refractivity contribution in [3.05, 3.63) is 0 Å². The molecule has 0 saturated carbocycles. The van der Waals surface area contributed by atoms with Crippen molar-refractivity contribution in [3.8, 4) is 0 Å². The molecule has 0 aliphatic rings. The van der Waals surface area contributed by atoms with Gasteiger partial charge in [0.05, 0.1) is 0 Å². The molecule has 0 aromatic heterocycles. The first-order valence-electron chi connectivity index (χ1n) is 3.97. The normalized spacial score (nSPS) is 13.9. The molecular formula is C8H18BrNS. The van der Waals surface area contributed by atoms with Gasteiger partial charge in [0.2, 0.25) is 0 Å². The first-order chi connectivity index (χ1) is 5.22. The van der Waals surface area contributed by atoms with Crippen LogP contribution < -0.4 is 0 Å². The summed E-state index contributed by atoms with van der Waals surface area (Å²) >= 11 is 5.35. The van der Waals surface area contributed by atoms with E-state index in [4.69, 9.17) is 0 Å². The third-order valence-electron chi connectivity index (χ3n) is 1.80. The minimum absolute atomic E-state index is 0.712. The van der Waals surface area contributed by atoms with Crippen LogP contribution in [0.15, 0.2) is 0 Å². The van der Waals surface area contributed by atoms with Gasteiger partial charge in [0.15, 0.2) is 0 Å². The number of thioether (sulfide) groups is 1. The molecule has 0 saturated heterocycles. The van der Waals surface area contributed by atoms with Crippen LogP contribution in [-0.4, -0.2) is 41.9 Å². The lowest BCUT2D eigenvalue weighted by molar-refractivity contribution is 0.279. The van der Waals surface area contributed by atoms with Gasteiger partial charge in [-0.1, -0.05) is 15.9 Å². The van der Waals surface area contributed by atoms with Crippen LogP contribution in [0.5, 0.6) is 0 Å². The van der Waals surface area contributed by atoms with Crippen LogP contribution in [0, 0.1) is 0 Å². The SMILES string of the molecule is CSCC(C)N(C)CCCBr. The molecule has 0 radical (unpaired) electrons. The van der Waals surface area contributed by atoms with Gasteiger partial charge >= 0.3 is 0 Å². The molecule has 0 amide bonds. The van der Waals surface area contributed by atoms with Crippen LogP contribution in [0.1, 0.15) is 13.3 Å². The highest BCUT2D eigenvalue weighted by molar-refractivity contribution is 9.09. The number of nitrogens with zero attached hydrogens (tertiary/aromatic N) is 1. The maximum atomic E-state index is 3.43. The predicted octanol–water partition coefficient (Wildman–Crippen LogP) is 2.45. The molecular weight excluding hydrogens is 222 g/mol. The highest BCUT2D eigenvalue weighted by Crippen LogP contribution is 2.04. The van der Waals surface area contributed by atoms with E-state index in [0.717, 1.165) is 5.33 Å². The third-order valence-corrected chi connectivity index (χ3v) is 3.18. The fraction of sp³-hybridized carbons (Fsp3) is 1.00. The summed E-state index contributed by atoms with van der Waals surface area (Å²) in [6, 6.07) is 0.712. The van der Waals surface area contributed by atoms with Crippen LogP contribution in [0.4, 0.5) is 0 Å². The minimum Gasteiger partial charge on any atom is -0.303 e. The number of hydrogen-bond donors (Lipinski definition) is 0. The van der Waals surface area contributed by atoms with E-state index in [2.05, 4.69) is 41.1 Å². The standard InChI is InChI=1S/C8H18BrNS/c1-8(7-11-3)10(2)6-4-5-9/h8H,4-7H2,1-3H3. The summed E-state index contributed by atoms with van der Waals surface area (Å²) in [6.45, 7) is 3.48. The van der Waals surface area contributed by atoms with Gasteiger partial charge in [0.1, 0.15) is 0 Å². The summed E-state index contributed by atoms with van der Waals surface area (Å²) < 4.78 is 0. The molecule has 11 heavy (non-hydrogen) atoms. The first kappa shape index (κ1) is 11.8. The number of hydrogen-bond acceptors (Lipinski definition) is 2. The van der Waals surface area contributed by atoms with E-state index in [1.54, 1.807) is 0 Å². The van der Waals surface area contributed by atoms with Crippen molar-refractivity contribution in [1.29, 1.82) is 0 Å². The zero-order chi connectivity index (χ0) is 8.69. The first-order valence-corrected chi connectivity index (χ1v) is 6.49. The van der Waals surface area contributed by atoms with Crippen molar-refractivity contribution in [2.75, 3.05) is 30.9 Å². The molecule has 0 bridgehead atoms.